The Balaban J connectivity index is 1.85. The van der Waals surface area contributed by atoms with Crippen molar-refractivity contribution in [1.82, 2.24) is 15.4 Å². The van der Waals surface area contributed by atoms with Crippen molar-refractivity contribution in [2.24, 2.45) is 0 Å². The predicted molar refractivity (Wildman–Crippen MR) is 80.1 cm³/mol. The van der Waals surface area contributed by atoms with Crippen LogP contribution in [0.25, 0.3) is 0 Å². The van der Waals surface area contributed by atoms with Crippen LogP contribution in [0.5, 0.6) is 0 Å². The highest BCUT2D eigenvalue weighted by molar-refractivity contribution is 5.17. The molecule has 0 amide bonds. The van der Waals surface area contributed by atoms with Gasteiger partial charge in [-0.25, -0.2) is 4.39 Å². The maximum atomic E-state index is 13.6. The van der Waals surface area contributed by atoms with E-state index in [1.165, 1.54) is 6.07 Å². The SMILES string of the molecule is CCCNCc1cc(CN(C)Cc2ccccc2F)on1. The fourth-order valence-electron chi connectivity index (χ4n) is 2.15. The van der Waals surface area contributed by atoms with E-state index in [1.807, 2.05) is 24.1 Å². The third kappa shape index (κ3) is 4.95. The summed E-state index contributed by atoms with van der Waals surface area (Å²) in [5.74, 6) is 0.619. The predicted octanol–water partition coefficient (Wildman–Crippen LogP) is 2.95. The molecule has 2 rings (SSSR count). The Morgan fingerprint density at radius 3 is 2.86 bits per heavy atom. The quantitative estimate of drug-likeness (QED) is 0.759. The fourth-order valence-corrected chi connectivity index (χ4v) is 2.15. The minimum absolute atomic E-state index is 0.175. The summed E-state index contributed by atoms with van der Waals surface area (Å²) < 4.78 is 18.9. The lowest BCUT2D eigenvalue weighted by atomic mass is 10.2. The highest BCUT2D eigenvalue weighted by Gasteiger charge is 2.09. The van der Waals surface area contributed by atoms with Crippen molar-refractivity contribution in [2.45, 2.75) is 33.0 Å². The van der Waals surface area contributed by atoms with Crippen LogP contribution in [0.2, 0.25) is 0 Å². The zero-order chi connectivity index (χ0) is 15.1. The molecule has 0 bridgehead atoms. The first kappa shape index (κ1) is 15.7. The molecule has 4 nitrogen and oxygen atoms in total. The van der Waals surface area contributed by atoms with Gasteiger partial charge in [-0.1, -0.05) is 30.3 Å². The van der Waals surface area contributed by atoms with Crippen LogP contribution in [0.4, 0.5) is 4.39 Å². The molecule has 0 aliphatic heterocycles. The largest absolute Gasteiger partial charge is 0.360 e. The van der Waals surface area contributed by atoms with Gasteiger partial charge in [-0.15, -0.1) is 0 Å². The molecular formula is C16H22FN3O. The van der Waals surface area contributed by atoms with E-state index >= 15 is 0 Å². The van der Waals surface area contributed by atoms with Crippen LogP contribution >= 0.6 is 0 Å². The first-order valence-electron chi connectivity index (χ1n) is 7.26. The number of hydrogen-bond acceptors (Lipinski definition) is 4. The molecule has 1 aromatic heterocycles. The number of hydrogen-bond donors (Lipinski definition) is 1. The highest BCUT2D eigenvalue weighted by Crippen LogP contribution is 2.12. The van der Waals surface area contributed by atoms with Crippen molar-refractivity contribution < 1.29 is 8.91 Å². The topological polar surface area (TPSA) is 41.3 Å². The highest BCUT2D eigenvalue weighted by atomic mass is 19.1. The second-order valence-electron chi connectivity index (χ2n) is 5.23. The minimum Gasteiger partial charge on any atom is -0.360 e. The van der Waals surface area contributed by atoms with E-state index in [2.05, 4.69) is 17.4 Å². The summed E-state index contributed by atoms with van der Waals surface area (Å²) in [6, 6.07) is 8.77. The van der Waals surface area contributed by atoms with Crippen molar-refractivity contribution in [3.63, 3.8) is 0 Å². The molecule has 0 saturated heterocycles. The first-order valence-corrected chi connectivity index (χ1v) is 7.26. The molecule has 1 heterocycles. The van der Waals surface area contributed by atoms with E-state index in [-0.39, 0.29) is 5.82 Å². The summed E-state index contributed by atoms with van der Waals surface area (Å²) >= 11 is 0. The van der Waals surface area contributed by atoms with E-state index < -0.39 is 0 Å². The molecule has 2 aromatic rings. The molecule has 114 valence electrons. The molecule has 0 atom stereocenters. The smallest absolute Gasteiger partial charge is 0.151 e. The Kier molecular flexibility index (Phi) is 5.90. The van der Waals surface area contributed by atoms with Crippen molar-refractivity contribution in [3.8, 4) is 0 Å². The van der Waals surface area contributed by atoms with Crippen LogP contribution in [-0.2, 0) is 19.6 Å². The van der Waals surface area contributed by atoms with Gasteiger partial charge in [-0.2, -0.15) is 0 Å². The third-order valence-corrected chi connectivity index (χ3v) is 3.16. The number of nitrogens with zero attached hydrogens (tertiary/aromatic N) is 2. The van der Waals surface area contributed by atoms with Gasteiger partial charge in [0.25, 0.3) is 0 Å². The zero-order valence-corrected chi connectivity index (χ0v) is 12.6. The lowest BCUT2D eigenvalue weighted by Gasteiger charge is -2.15. The van der Waals surface area contributed by atoms with E-state index in [4.69, 9.17) is 4.52 Å². The average Bonchev–Trinajstić information content (AvgIpc) is 2.89. The molecule has 0 radical (unpaired) electrons. The summed E-state index contributed by atoms with van der Waals surface area (Å²) in [6.07, 6.45) is 1.09. The van der Waals surface area contributed by atoms with Crippen LogP contribution in [0.1, 0.15) is 30.4 Å². The second kappa shape index (κ2) is 7.90. The zero-order valence-electron chi connectivity index (χ0n) is 12.6. The summed E-state index contributed by atoms with van der Waals surface area (Å²) in [6.45, 7) is 4.95. The Hall–Kier alpha value is -1.72. The molecular weight excluding hydrogens is 269 g/mol. The molecule has 5 heteroatoms. The summed E-state index contributed by atoms with van der Waals surface area (Å²) in [7, 11) is 1.93. The van der Waals surface area contributed by atoms with Gasteiger partial charge >= 0.3 is 0 Å². The molecule has 0 fully saturated rings. The van der Waals surface area contributed by atoms with Crippen molar-refractivity contribution in [2.75, 3.05) is 13.6 Å². The normalized spacial score (nSPS) is 11.2. The summed E-state index contributed by atoms with van der Waals surface area (Å²) in [5.41, 5.74) is 1.59. The maximum absolute atomic E-state index is 13.6. The van der Waals surface area contributed by atoms with Gasteiger partial charge in [0.05, 0.1) is 12.2 Å². The Morgan fingerprint density at radius 1 is 1.29 bits per heavy atom. The number of nitrogens with one attached hydrogen (secondary N) is 1. The van der Waals surface area contributed by atoms with Gasteiger partial charge < -0.3 is 9.84 Å². The maximum Gasteiger partial charge on any atom is 0.151 e. The minimum atomic E-state index is -0.175. The average molecular weight is 291 g/mol. The van der Waals surface area contributed by atoms with Crippen molar-refractivity contribution in [1.29, 1.82) is 0 Å². The Labute approximate surface area is 124 Å². The molecule has 0 unspecified atom stereocenters. The van der Waals surface area contributed by atoms with E-state index in [1.54, 1.807) is 12.1 Å². The molecule has 0 aliphatic carbocycles. The van der Waals surface area contributed by atoms with Crippen LogP contribution in [0.3, 0.4) is 0 Å². The van der Waals surface area contributed by atoms with Gasteiger partial charge in [-0.05, 0) is 26.1 Å². The van der Waals surface area contributed by atoms with Gasteiger partial charge in [0, 0.05) is 24.7 Å². The molecule has 1 aromatic carbocycles. The third-order valence-electron chi connectivity index (χ3n) is 3.16. The van der Waals surface area contributed by atoms with E-state index in [0.717, 1.165) is 24.4 Å². The number of rotatable bonds is 8. The van der Waals surface area contributed by atoms with Crippen LogP contribution in [0, 0.1) is 5.82 Å². The molecule has 0 saturated carbocycles. The van der Waals surface area contributed by atoms with Crippen LogP contribution < -0.4 is 5.32 Å². The van der Waals surface area contributed by atoms with Crippen LogP contribution in [0.15, 0.2) is 34.9 Å². The van der Waals surface area contributed by atoms with Crippen LogP contribution in [-0.4, -0.2) is 23.6 Å². The Bertz CT molecular complexity index is 556. The molecule has 0 aliphatic rings. The van der Waals surface area contributed by atoms with Crippen molar-refractivity contribution in [3.05, 3.63) is 53.2 Å². The lowest BCUT2D eigenvalue weighted by molar-refractivity contribution is 0.262. The van der Waals surface area contributed by atoms with Gasteiger partial charge in [0.1, 0.15) is 5.82 Å². The molecule has 0 spiro atoms. The van der Waals surface area contributed by atoms with E-state index in [0.29, 0.717) is 25.2 Å². The van der Waals surface area contributed by atoms with Gasteiger partial charge in [0.15, 0.2) is 5.76 Å². The first-order chi connectivity index (χ1) is 10.2. The van der Waals surface area contributed by atoms with Gasteiger partial charge in [0.2, 0.25) is 0 Å². The fraction of sp³-hybridized carbons (Fsp3) is 0.438. The van der Waals surface area contributed by atoms with Crippen molar-refractivity contribution >= 4 is 0 Å². The summed E-state index contributed by atoms with van der Waals surface area (Å²) in [4.78, 5) is 2.00. The molecule has 21 heavy (non-hydrogen) atoms. The Morgan fingerprint density at radius 2 is 2.10 bits per heavy atom. The lowest BCUT2D eigenvalue weighted by Crippen LogP contribution is -2.17. The van der Waals surface area contributed by atoms with E-state index in [9.17, 15) is 4.39 Å². The molecule has 1 N–H and O–H groups in total. The monoisotopic (exact) mass is 291 g/mol. The van der Waals surface area contributed by atoms with Gasteiger partial charge in [-0.3, -0.25) is 4.90 Å². The second-order valence-corrected chi connectivity index (χ2v) is 5.23. The number of benzene rings is 1. The standard InChI is InChI=1S/C16H22FN3O/c1-3-8-18-10-14-9-15(21-19-14)12-20(2)11-13-6-4-5-7-16(13)17/h4-7,9,18H,3,8,10-12H2,1-2H3. The number of aromatic nitrogens is 1. The summed E-state index contributed by atoms with van der Waals surface area (Å²) in [5, 5.41) is 7.31. The number of halogens is 1.